The van der Waals surface area contributed by atoms with Gasteiger partial charge in [0, 0.05) is 42.9 Å². The van der Waals surface area contributed by atoms with Crippen LogP contribution in [0.15, 0.2) is 33.5 Å². The van der Waals surface area contributed by atoms with E-state index in [-0.39, 0.29) is 11.5 Å². The SMILES string of the molecule is CCc1nc(N2CCN(C(=O)c3cc4cccc(OC)c4oc3=O)CC2)c2c3c(sc2n1)C[C@@H](C)CC3. The third-order valence-electron chi connectivity index (χ3n) is 7.54. The van der Waals surface area contributed by atoms with Crippen LogP contribution in [0.1, 0.15) is 46.9 Å². The number of anilines is 1. The first kappa shape index (κ1) is 23.9. The van der Waals surface area contributed by atoms with E-state index in [9.17, 15) is 9.59 Å². The molecule has 1 saturated heterocycles. The largest absolute Gasteiger partial charge is 0.493 e. The van der Waals surface area contributed by atoms with Gasteiger partial charge in [-0.2, -0.15) is 0 Å². The summed E-state index contributed by atoms with van der Waals surface area (Å²) in [6.45, 7) is 6.71. The van der Waals surface area contributed by atoms with E-state index < -0.39 is 5.63 Å². The second-order valence-electron chi connectivity index (χ2n) is 9.95. The van der Waals surface area contributed by atoms with Crippen molar-refractivity contribution in [2.75, 3.05) is 38.2 Å². The van der Waals surface area contributed by atoms with Crippen LogP contribution in [0, 0.1) is 5.92 Å². The highest BCUT2D eigenvalue weighted by atomic mass is 32.1. The lowest BCUT2D eigenvalue weighted by Gasteiger charge is -2.36. The van der Waals surface area contributed by atoms with Crippen molar-refractivity contribution < 1.29 is 13.9 Å². The van der Waals surface area contributed by atoms with Crippen molar-refractivity contribution in [3.05, 3.63) is 56.5 Å². The highest BCUT2D eigenvalue weighted by molar-refractivity contribution is 7.19. The van der Waals surface area contributed by atoms with Crippen LogP contribution >= 0.6 is 11.3 Å². The van der Waals surface area contributed by atoms with Crippen LogP contribution in [0.5, 0.6) is 5.75 Å². The van der Waals surface area contributed by atoms with Gasteiger partial charge in [0.05, 0.1) is 12.5 Å². The molecule has 4 heterocycles. The van der Waals surface area contributed by atoms with Crippen LogP contribution in [-0.2, 0) is 19.3 Å². The number of aromatic nitrogens is 2. The molecule has 4 aromatic rings. The van der Waals surface area contributed by atoms with Gasteiger partial charge >= 0.3 is 5.63 Å². The molecule has 3 aromatic heterocycles. The number of carbonyl (C=O) groups excluding carboxylic acids is 1. The second-order valence-corrected chi connectivity index (χ2v) is 11.0. The zero-order valence-corrected chi connectivity index (χ0v) is 22.2. The maximum absolute atomic E-state index is 13.3. The average molecular weight is 519 g/mol. The van der Waals surface area contributed by atoms with Crippen molar-refractivity contribution in [3.63, 3.8) is 0 Å². The van der Waals surface area contributed by atoms with E-state index in [0.29, 0.717) is 48.8 Å². The number of carbonyl (C=O) groups is 1. The van der Waals surface area contributed by atoms with E-state index in [4.69, 9.17) is 19.1 Å². The number of rotatable bonds is 4. The zero-order valence-electron chi connectivity index (χ0n) is 21.4. The van der Waals surface area contributed by atoms with E-state index in [1.807, 2.05) is 23.5 Å². The van der Waals surface area contributed by atoms with E-state index in [2.05, 4.69) is 18.7 Å². The molecule has 1 atom stereocenters. The Morgan fingerprint density at radius 3 is 2.78 bits per heavy atom. The van der Waals surface area contributed by atoms with E-state index in [1.165, 1.54) is 29.4 Å². The van der Waals surface area contributed by atoms with Gasteiger partial charge in [0.15, 0.2) is 11.3 Å². The smallest absolute Gasteiger partial charge is 0.349 e. The summed E-state index contributed by atoms with van der Waals surface area (Å²) < 4.78 is 10.8. The molecule has 6 rings (SSSR count). The van der Waals surface area contributed by atoms with Crippen LogP contribution in [0.4, 0.5) is 5.82 Å². The Hall–Kier alpha value is -3.46. The number of fused-ring (bicyclic) bond motifs is 4. The van der Waals surface area contributed by atoms with Gasteiger partial charge in [-0.1, -0.05) is 26.0 Å². The van der Waals surface area contributed by atoms with Gasteiger partial charge in [-0.15, -0.1) is 11.3 Å². The summed E-state index contributed by atoms with van der Waals surface area (Å²) in [5, 5.41) is 1.86. The quantitative estimate of drug-likeness (QED) is 0.369. The minimum absolute atomic E-state index is 0.0490. The molecule has 1 aliphatic heterocycles. The molecule has 192 valence electrons. The standard InChI is InChI=1S/C28H30N4O4S/c1-4-22-29-25(23-18-9-8-16(2)14-21(18)37-26(23)30-22)31-10-12-32(13-11-31)27(33)19-15-17-6-5-7-20(35-3)24(17)36-28(19)34/h5-7,15-16H,4,8-14H2,1-3H3/t16-/m0/s1. The average Bonchev–Trinajstić information content (AvgIpc) is 3.28. The predicted molar refractivity (Wildman–Crippen MR) is 145 cm³/mol. The van der Waals surface area contributed by atoms with Gasteiger partial charge < -0.3 is 19.0 Å². The summed E-state index contributed by atoms with van der Waals surface area (Å²) in [6, 6.07) is 6.96. The van der Waals surface area contributed by atoms with Crippen LogP contribution in [0.2, 0.25) is 0 Å². The van der Waals surface area contributed by atoms with Gasteiger partial charge in [0.25, 0.3) is 5.91 Å². The minimum Gasteiger partial charge on any atom is -0.493 e. The van der Waals surface area contributed by atoms with Crippen LogP contribution in [0.3, 0.4) is 0 Å². The van der Waals surface area contributed by atoms with Gasteiger partial charge in [0.2, 0.25) is 0 Å². The van der Waals surface area contributed by atoms with Crippen LogP contribution < -0.4 is 15.3 Å². The topological polar surface area (TPSA) is 88.8 Å². The lowest BCUT2D eigenvalue weighted by Crippen LogP contribution is -2.49. The van der Waals surface area contributed by atoms with Crippen molar-refractivity contribution in [1.29, 1.82) is 0 Å². The monoisotopic (exact) mass is 518 g/mol. The number of ether oxygens (including phenoxy) is 1. The summed E-state index contributed by atoms with van der Waals surface area (Å²) >= 11 is 1.82. The first-order chi connectivity index (χ1) is 18.0. The summed E-state index contributed by atoms with van der Waals surface area (Å²) in [5.41, 5.74) is 1.17. The molecule has 0 N–H and O–H groups in total. The van der Waals surface area contributed by atoms with Crippen molar-refractivity contribution in [1.82, 2.24) is 14.9 Å². The Labute approximate surface area is 218 Å². The van der Waals surface area contributed by atoms with Crippen LogP contribution in [0.25, 0.3) is 21.2 Å². The lowest BCUT2D eigenvalue weighted by molar-refractivity contribution is 0.0742. The molecule has 0 spiro atoms. The number of methoxy groups -OCH3 is 1. The maximum Gasteiger partial charge on any atom is 0.349 e. The van der Waals surface area contributed by atoms with E-state index >= 15 is 0 Å². The predicted octanol–water partition coefficient (Wildman–Crippen LogP) is 4.46. The number of hydrogen-bond acceptors (Lipinski definition) is 8. The zero-order chi connectivity index (χ0) is 25.7. The molecule has 37 heavy (non-hydrogen) atoms. The van der Waals surface area contributed by atoms with Gasteiger partial charge in [0.1, 0.15) is 22.0 Å². The summed E-state index contributed by atoms with van der Waals surface area (Å²) in [4.78, 5) is 42.5. The fourth-order valence-corrected chi connectivity index (χ4v) is 6.87. The molecule has 1 amide bonds. The number of thiophene rings is 1. The fourth-order valence-electron chi connectivity index (χ4n) is 5.47. The van der Waals surface area contributed by atoms with Gasteiger partial charge in [-0.3, -0.25) is 4.79 Å². The number of benzene rings is 1. The number of amides is 1. The molecule has 0 saturated carbocycles. The highest BCUT2D eigenvalue weighted by Crippen LogP contribution is 2.41. The van der Waals surface area contributed by atoms with Crippen LogP contribution in [-0.4, -0.2) is 54.1 Å². The third-order valence-corrected chi connectivity index (χ3v) is 8.69. The van der Waals surface area contributed by atoms with Gasteiger partial charge in [-0.05, 0) is 42.9 Å². The van der Waals surface area contributed by atoms with Crippen molar-refractivity contribution in [2.24, 2.45) is 5.92 Å². The lowest BCUT2D eigenvalue weighted by atomic mass is 9.89. The Kier molecular flexibility index (Phi) is 6.10. The van der Waals surface area contributed by atoms with Crippen molar-refractivity contribution in [3.8, 4) is 5.75 Å². The molecule has 2 aliphatic rings. The Balaban J connectivity index is 1.27. The molecule has 0 bridgehead atoms. The minimum atomic E-state index is -0.645. The Bertz CT molecular complexity index is 1570. The van der Waals surface area contributed by atoms with E-state index in [0.717, 1.165) is 35.7 Å². The maximum atomic E-state index is 13.3. The number of aryl methyl sites for hydroxylation is 2. The highest BCUT2D eigenvalue weighted by Gasteiger charge is 2.30. The van der Waals surface area contributed by atoms with Gasteiger partial charge in [-0.25, -0.2) is 14.8 Å². The second kappa shape index (κ2) is 9.45. The van der Waals surface area contributed by atoms with Crippen molar-refractivity contribution >= 4 is 44.2 Å². The first-order valence-electron chi connectivity index (χ1n) is 12.9. The third kappa shape index (κ3) is 4.15. The molecule has 0 unspecified atom stereocenters. The molecular formula is C28H30N4O4S. The fraction of sp³-hybridized carbons (Fsp3) is 0.429. The molecule has 0 radical (unpaired) electrons. The number of para-hydroxylation sites is 1. The number of piperazine rings is 1. The molecule has 1 aliphatic carbocycles. The molecule has 8 nitrogen and oxygen atoms in total. The molecule has 9 heteroatoms. The molecule has 1 fully saturated rings. The normalized spacial score (nSPS) is 17.9. The first-order valence-corrected chi connectivity index (χ1v) is 13.7. The Morgan fingerprint density at radius 1 is 1.22 bits per heavy atom. The van der Waals surface area contributed by atoms with Crippen molar-refractivity contribution in [2.45, 2.75) is 39.5 Å². The van der Waals surface area contributed by atoms with E-state index in [1.54, 1.807) is 17.0 Å². The molecule has 1 aromatic carbocycles. The molecular weight excluding hydrogens is 488 g/mol. The summed E-state index contributed by atoms with van der Waals surface area (Å²) in [5.74, 6) is 2.72. The summed E-state index contributed by atoms with van der Waals surface area (Å²) in [7, 11) is 1.52. The summed E-state index contributed by atoms with van der Waals surface area (Å²) in [6.07, 6.45) is 4.15. The number of nitrogens with zero attached hydrogens (tertiary/aromatic N) is 4. The number of hydrogen-bond donors (Lipinski definition) is 0. The Morgan fingerprint density at radius 2 is 2.03 bits per heavy atom.